The van der Waals surface area contributed by atoms with Crippen LogP contribution in [-0.4, -0.2) is 12.4 Å². The van der Waals surface area contributed by atoms with Crippen molar-refractivity contribution in [3.63, 3.8) is 0 Å². The summed E-state index contributed by atoms with van der Waals surface area (Å²) in [5, 5.41) is 0. The standard InChI is InChI=1S/C14H17BrO2/c1-10-9-12(15)5-6-14(10)17-8-7-11-3-2-4-13(11)16/h5-6,9,11H,2-4,7-8H2,1H3. The second-order valence-corrected chi connectivity index (χ2v) is 5.52. The van der Waals surface area contributed by atoms with Gasteiger partial charge in [-0.25, -0.2) is 0 Å². The van der Waals surface area contributed by atoms with E-state index in [9.17, 15) is 4.79 Å². The minimum Gasteiger partial charge on any atom is -0.493 e. The lowest BCUT2D eigenvalue weighted by Gasteiger charge is -2.11. The molecule has 92 valence electrons. The Labute approximate surface area is 110 Å². The highest BCUT2D eigenvalue weighted by molar-refractivity contribution is 9.10. The Morgan fingerprint density at radius 1 is 1.47 bits per heavy atom. The molecule has 1 aromatic rings. The van der Waals surface area contributed by atoms with Crippen LogP contribution in [-0.2, 0) is 4.79 Å². The van der Waals surface area contributed by atoms with Crippen LogP contribution >= 0.6 is 15.9 Å². The Kier molecular flexibility index (Phi) is 4.21. The molecule has 1 saturated carbocycles. The quantitative estimate of drug-likeness (QED) is 0.842. The first-order chi connectivity index (χ1) is 8.16. The molecule has 1 aliphatic rings. The number of carbonyl (C=O) groups excluding carboxylic acids is 1. The Hall–Kier alpha value is -0.830. The van der Waals surface area contributed by atoms with E-state index in [1.54, 1.807) is 0 Å². The van der Waals surface area contributed by atoms with Crippen LogP contribution in [0.1, 0.15) is 31.2 Å². The largest absolute Gasteiger partial charge is 0.493 e. The molecule has 1 fully saturated rings. The molecule has 0 amide bonds. The molecule has 1 unspecified atom stereocenters. The second kappa shape index (κ2) is 5.67. The van der Waals surface area contributed by atoms with Gasteiger partial charge in [-0.3, -0.25) is 4.79 Å². The SMILES string of the molecule is Cc1cc(Br)ccc1OCCC1CCCC1=O. The number of hydrogen-bond donors (Lipinski definition) is 0. The van der Waals surface area contributed by atoms with Crippen LogP contribution in [0.5, 0.6) is 5.75 Å². The van der Waals surface area contributed by atoms with E-state index >= 15 is 0 Å². The van der Waals surface area contributed by atoms with Crippen molar-refractivity contribution in [2.45, 2.75) is 32.6 Å². The smallest absolute Gasteiger partial charge is 0.136 e. The average molecular weight is 297 g/mol. The van der Waals surface area contributed by atoms with E-state index in [-0.39, 0.29) is 5.92 Å². The number of benzene rings is 1. The van der Waals surface area contributed by atoms with Crippen LogP contribution in [0.15, 0.2) is 22.7 Å². The molecule has 0 spiro atoms. The van der Waals surface area contributed by atoms with Gasteiger partial charge in [0.15, 0.2) is 0 Å². The molecular weight excluding hydrogens is 280 g/mol. The van der Waals surface area contributed by atoms with Crippen LogP contribution < -0.4 is 4.74 Å². The van der Waals surface area contributed by atoms with Gasteiger partial charge < -0.3 is 4.74 Å². The first kappa shape index (κ1) is 12.6. The Morgan fingerprint density at radius 3 is 2.94 bits per heavy atom. The molecular formula is C14H17BrO2. The van der Waals surface area contributed by atoms with E-state index in [1.165, 1.54) is 0 Å². The highest BCUT2D eigenvalue weighted by Crippen LogP contribution is 2.26. The number of ketones is 1. The molecule has 1 aliphatic carbocycles. The fourth-order valence-corrected chi connectivity index (χ4v) is 2.75. The number of hydrogen-bond acceptors (Lipinski definition) is 2. The van der Waals surface area contributed by atoms with E-state index in [0.717, 1.165) is 41.5 Å². The van der Waals surface area contributed by atoms with Crippen molar-refractivity contribution in [2.24, 2.45) is 5.92 Å². The average Bonchev–Trinajstić information content (AvgIpc) is 2.68. The summed E-state index contributed by atoms with van der Waals surface area (Å²) in [5.41, 5.74) is 1.12. The van der Waals surface area contributed by atoms with E-state index in [1.807, 2.05) is 25.1 Å². The van der Waals surface area contributed by atoms with Gasteiger partial charge in [0, 0.05) is 16.8 Å². The summed E-state index contributed by atoms with van der Waals surface area (Å²) in [5.74, 6) is 1.57. The molecule has 3 heteroatoms. The number of carbonyl (C=O) groups is 1. The van der Waals surface area contributed by atoms with Crippen molar-refractivity contribution in [2.75, 3.05) is 6.61 Å². The van der Waals surface area contributed by atoms with E-state index < -0.39 is 0 Å². The summed E-state index contributed by atoms with van der Waals surface area (Å²) in [6, 6.07) is 5.98. The highest BCUT2D eigenvalue weighted by Gasteiger charge is 2.23. The maximum absolute atomic E-state index is 11.5. The number of ether oxygens (including phenoxy) is 1. The lowest BCUT2D eigenvalue weighted by molar-refractivity contribution is -0.121. The normalized spacial score (nSPS) is 19.6. The van der Waals surface area contributed by atoms with Gasteiger partial charge in [-0.2, -0.15) is 0 Å². The molecule has 0 aliphatic heterocycles. The first-order valence-electron chi connectivity index (χ1n) is 6.08. The Morgan fingerprint density at radius 2 is 2.29 bits per heavy atom. The van der Waals surface area contributed by atoms with Crippen LogP contribution in [0.3, 0.4) is 0 Å². The molecule has 17 heavy (non-hydrogen) atoms. The second-order valence-electron chi connectivity index (χ2n) is 4.60. The van der Waals surface area contributed by atoms with Gasteiger partial charge in [-0.05, 0) is 49.9 Å². The molecule has 1 atom stereocenters. The predicted octanol–water partition coefficient (Wildman–Crippen LogP) is 3.90. The van der Waals surface area contributed by atoms with E-state index in [0.29, 0.717) is 12.4 Å². The van der Waals surface area contributed by atoms with Gasteiger partial charge in [-0.15, -0.1) is 0 Å². The maximum atomic E-state index is 11.5. The van der Waals surface area contributed by atoms with Crippen molar-refractivity contribution in [1.29, 1.82) is 0 Å². The van der Waals surface area contributed by atoms with Gasteiger partial charge in [0.2, 0.25) is 0 Å². The monoisotopic (exact) mass is 296 g/mol. The third kappa shape index (κ3) is 3.32. The van der Waals surface area contributed by atoms with E-state index in [4.69, 9.17) is 4.74 Å². The summed E-state index contributed by atoms with van der Waals surface area (Å²) in [6.07, 6.45) is 3.72. The molecule has 0 aromatic heterocycles. The van der Waals surface area contributed by atoms with Gasteiger partial charge in [-0.1, -0.05) is 15.9 Å². The molecule has 0 heterocycles. The molecule has 0 bridgehead atoms. The first-order valence-corrected chi connectivity index (χ1v) is 6.88. The minimum atomic E-state index is 0.241. The molecule has 0 saturated heterocycles. The third-order valence-electron chi connectivity index (χ3n) is 3.29. The zero-order valence-corrected chi connectivity index (χ0v) is 11.6. The van der Waals surface area contributed by atoms with Crippen molar-refractivity contribution in [3.8, 4) is 5.75 Å². The summed E-state index contributed by atoms with van der Waals surface area (Å²) in [6.45, 7) is 2.67. The van der Waals surface area contributed by atoms with Gasteiger partial charge >= 0.3 is 0 Å². The number of aryl methyl sites for hydroxylation is 1. The summed E-state index contributed by atoms with van der Waals surface area (Å²) < 4.78 is 6.79. The number of Topliss-reactive ketones (excluding diaryl/α,β-unsaturated/α-hetero) is 1. The van der Waals surface area contributed by atoms with E-state index in [2.05, 4.69) is 15.9 Å². The van der Waals surface area contributed by atoms with Gasteiger partial charge in [0.05, 0.1) is 6.61 Å². The maximum Gasteiger partial charge on any atom is 0.136 e. The summed E-state index contributed by atoms with van der Waals surface area (Å²) in [4.78, 5) is 11.5. The topological polar surface area (TPSA) is 26.3 Å². The van der Waals surface area contributed by atoms with Crippen LogP contribution in [0.2, 0.25) is 0 Å². The van der Waals surface area contributed by atoms with Gasteiger partial charge in [0.25, 0.3) is 0 Å². The van der Waals surface area contributed by atoms with Crippen LogP contribution in [0.4, 0.5) is 0 Å². The molecule has 0 radical (unpaired) electrons. The molecule has 0 N–H and O–H groups in total. The fourth-order valence-electron chi connectivity index (χ4n) is 2.28. The van der Waals surface area contributed by atoms with Gasteiger partial charge in [0.1, 0.15) is 11.5 Å². The Balaban J connectivity index is 1.83. The van der Waals surface area contributed by atoms with Crippen molar-refractivity contribution in [3.05, 3.63) is 28.2 Å². The zero-order valence-electron chi connectivity index (χ0n) is 10.0. The highest BCUT2D eigenvalue weighted by atomic mass is 79.9. The summed E-state index contributed by atoms with van der Waals surface area (Å²) in [7, 11) is 0. The van der Waals surface area contributed by atoms with Crippen molar-refractivity contribution < 1.29 is 9.53 Å². The fraction of sp³-hybridized carbons (Fsp3) is 0.500. The molecule has 2 rings (SSSR count). The lowest BCUT2D eigenvalue weighted by Crippen LogP contribution is -2.11. The summed E-state index contributed by atoms with van der Waals surface area (Å²) >= 11 is 3.43. The lowest BCUT2D eigenvalue weighted by atomic mass is 10.0. The van der Waals surface area contributed by atoms with Crippen molar-refractivity contribution >= 4 is 21.7 Å². The number of rotatable bonds is 4. The Bertz CT molecular complexity index is 415. The van der Waals surface area contributed by atoms with Crippen LogP contribution in [0.25, 0.3) is 0 Å². The van der Waals surface area contributed by atoms with Crippen LogP contribution in [0, 0.1) is 12.8 Å². The van der Waals surface area contributed by atoms with Crippen molar-refractivity contribution in [1.82, 2.24) is 0 Å². The molecule has 1 aromatic carbocycles. The third-order valence-corrected chi connectivity index (χ3v) is 3.79. The zero-order chi connectivity index (χ0) is 12.3. The minimum absolute atomic E-state index is 0.241. The predicted molar refractivity (Wildman–Crippen MR) is 71.3 cm³/mol. The molecule has 2 nitrogen and oxygen atoms in total. The number of halogens is 1.